The van der Waals surface area contributed by atoms with Crippen LogP contribution in [0, 0.1) is 5.92 Å². The van der Waals surface area contributed by atoms with Gasteiger partial charge in [-0.25, -0.2) is 9.59 Å². The highest BCUT2D eigenvalue weighted by Gasteiger charge is 2.43. The van der Waals surface area contributed by atoms with Gasteiger partial charge in [0, 0.05) is 19.1 Å². The molecular formula is C15H27N3O3. The Morgan fingerprint density at radius 3 is 2.57 bits per heavy atom. The predicted molar refractivity (Wildman–Crippen MR) is 80.2 cm³/mol. The summed E-state index contributed by atoms with van der Waals surface area (Å²) >= 11 is 0. The largest absolute Gasteiger partial charge is 0.480 e. The highest BCUT2D eigenvalue weighted by molar-refractivity contribution is 5.83. The first kappa shape index (κ1) is 16.1. The van der Waals surface area contributed by atoms with E-state index in [4.69, 9.17) is 0 Å². The second kappa shape index (κ2) is 7.11. The Morgan fingerprint density at radius 2 is 1.90 bits per heavy atom. The third-order valence-electron chi connectivity index (χ3n) is 4.73. The number of likely N-dealkylation sites (tertiary alicyclic amines) is 1. The molecule has 0 radical (unpaired) electrons. The van der Waals surface area contributed by atoms with Crippen molar-refractivity contribution in [3.05, 3.63) is 0 Å². The van der Waals surface area contributed by atoms with Gasteiger partial charge in [0.2, 0.25) is 0 Å². The number of hydrogen-bond donors (Lipinski definition) is 2. The molecule has 6 heteroatoms. The number of likely N-dealkylation sites (N-methyl/N-ethyl adjacent to an activating group) is 1. The van der Waals surface area contributed by atoms with E-state index in [9.17, 15) is 14.7 Å². The van der Waals surface area contributed by atoms with Crippen LogP contribution in [0.3, 0.4) is 0 Å². The molecule has 0 aromatic rings. The van der Waals surface area contributed by atoms with Crippen molar-refractivity contribution in [2.75, 3.05) is 27.2 Å². The molecule has 6 nitrogen and oxygen atoms in total. The molecule has 1 aliphatic carbocycles. The highest BCUT2D eigenvalue weighted by Crippen LogP contribution is 2.37. The van der Waals surface area contributed by atoms with E-state index in [0.29, 0.717) is 18.9 Å². The molecule has 1 heterocycles. The zero-order chi connectivity index (χ0) is 15.4. The molecule has 2 rings (SSSR count). The Kier molecular flexibility index (Phi) is 5.45. The summed E-state index contributed by atoms with van der Waals surface area (Å²) in [4.78, 5) is 27.6. The third-order valence-corrected chi connectivity index (χ3v) is 4.73. The summed E-state index contributed by atoms with van der Waals surface area (Å²) in [5.41, 5.74) is 0. The summed E-state index contributed by atoms with van der Waals surface area (Å²) < 4.78 is 0. The molecule has 1 aliphatic heterocycles. The first-order chi connectivity index (χ1) is 10.0. The number of carboxylic acid groups (broad SMARTS) is 1. The van der Waals surface area contributed by atoms with Crippen LogP contribution in [0.1, 0.15) is 38.5 Å². The van der Waals surface area contributed by atoms with Crippen LogP contribution < -0.4 is 5.32 Å². The van der Waals surface area contributed by atoms with E-state index in [1.165, 1.54) is 6.42 Å². The zero-order valence-electron chi connectivity index (χ0n) is 13.0. The molecule has 1 saturated carbocycles. The molecule has 21 heavy (non-hydrogen) atoms. The van der Waals surface area contributed by atoms with Gasteiger partial charge >= 0.3 is 12.0 Å². The van der Waals surface area contributed by atoms with Crippen LogP contribution in [0.4, 0.5) is 4.79 Å². The smallest absolute Gasteiger partial charge is 0.326 e. The first-order valence-corrected chi connectivity index (χ1v) is 7.94. The van der Waals surface area contributed by atoms with Crippen LogP contribution in [0.15, 0.2) is 0 Å². The Morgan fingerprint density at radius 1 is 1.19 bits per heavy atom. The van der Waals surface area contributed by atoms with E-state index < -0.39 is 12.0 Å². The number of carbonyl (C=O) groups excluding carboxylic acids is 1. The number of nitrogens with one attached hydrogen (secondary N) is 1. The van der Waals surface area contributed by atoms with Crippen molar-refractivity contribution in [3.8, 4) is 0 Å². The maximum atomic E-state index is 12.5. The lowest BCUT2D eigenvalue weighted by molar-refractivity contribution is -0.145. The quantitative estimate of drug-likeness (QED) is 0.822. The van der Waals surface area contributed by atoms with E-state index in [0.717, 1.165) is 32.2 Å². The van der Waals surface area contributed by atoms with Gasteiger partial charge in [0.15, 0.2) is 0 Å². The summed E-state index contributed by atoms with van der Waals surface area (Å²) in [7, 11) is 3.90. The van der Waals surface area contributed by atoms with Crippen LogP contribution in [0.25, 0.3) is 0 Å². The van der Waals surface area contributed by atoms with E-state index in [-0.39, 0.29) is 12.1 Å². The van der Waals surface area contributed by atoms with Crippen LogP contribution in [-0.4, -0.2) is 66.2 Å². The number of carbonyl (C=O) groups is 2. The molecule has 0 aromatic carbocycles. The molecule has 2 fully saturated rings. The molecule has 0 bridgehead atoms. The van der Waals surface area contributed by atoms with Gasteiger partial charge < -0.3 is 20.2 Å². The second-order valence-corrected chi connectivity index (χ2v) is 6.49. The van der Waals surface area contributed by atoms with Crippen LogP contribution >= 0.6 is 0 Å². The van der Waals surface area contributed by atoms with Gasteiger partial charge in [-0.3, -0.25) is 0 Å². The van der Waals surface area contributed by atoms with Gasteiger partial charge in [-0.2, -0.15) is 0 Å². The molecule has 0 aromatic heterocycles. The molecule has 0 spiro atoms. The minimum Gasteiger partial charge on any atom is -0.480 e. The average Bonchev–Trinajstić information content (AvgIpc) is 2.45. The minimum absolute atomic E-state index is 0.105. The molecule has 3 atom stereocenters. The Hall–Kier alpha value is -1.30. The number of aliphatic carboxylic acids is 1. The summed E-state index contributed by atoms with van der Waals surface area (Å²) in [6.45, 7) is 1.30. The van der Waals surface area contributed by atoms with E-state index in [1.54, 1.807) is 4.90 Å². The number of carboxylic acids is 1. The predicted octanol–water partition coefficient (Wildman–Crippen LogP) is 1.37. The number of hydrogen-bond acceptors (Lipinski definition) is 3. The molecule has 1 saturated heterocycles. The van der Waals surface area contributed by atoms with Gasteiger partial charge in [-0.1, -0.05) is 12.8 Å². The number of rotatable bonds is 4. The Bertz CT molecular complexity index is 386. The summed E-state index contributed by atoms with van der Waals surface area (Å²) in [6.07, 6.45) is 5.87. The molecule has 2 amide bonds. The van der Waals surface area contributed by atoms with Crippen molar-refractivity contribution >= 4 is 12.0 Å². The summed E-state index contributed by atoms with van der Waals surface area (Å²) in [5.74, 6) is -0.393. The number of piperidine rings is 1. The minimum atomic E-state index is -0.873. The van der Waals surface area contributed by atoms with Crippen molar-refractivity contribution in [1.29, 1.82) is 0 Å². The average molecular weight is 297 g/mol. The maximum Gasteiger partial charge on any atom is 0.326 e. The molecular weight excluding hydrogens is 270 g/mol. The third kappa shape index (κ3) is 3.87. The SMILES string of the molecule is CN(C)CCNC(=O)N1C(C(=O)O)CCC2CCCCC21. The lowest BCUT2D eigenvalue weighted by atomic mass is 9.76. The molecule has 2 N–H and O–H groups in total. The van der Waals surface area contributed by atoms with E-state index >= 15 is 0 Å². The second-order valence-electron chi connectivity index (χ2n) is 6.49. The number of urea groups is 1. The van der Waals surface area contributed by atoms with Crippen molar-refractivity contribution in [1.82, 2.24) is 15.1 Å². The van der Waals surface area contributed by atoms with Gasteiger partial charge in [0.1, 0.15) is 6.04 Å². The van der Waals surface area contributed by atoms with Crippen LogP contribution in [0.5, 0.6) is 0 Å². The van der Waals surface area contributed by atoms with Gasteiger partial charge in [-0.15, -0.1) is 0 Å². The summed E-state index contributed by atoms with van der Waals surface area (Å²) in [5, 5.41) is 12.3. The topological polar surface area (TPSA) is 72.9 Å². The number of fused-ring (bicyclic) bond motifs is 1. The van der Waals surface area contributed by atoms with Crippen molar-refractivity contribution in [2.45, 2.75) is 50.6 Å². The van der Waals surface area contributed by atoms with Crippen molar-refractivity contribution in [3.63, 3.8) is 0 Å². The van der Waals surface area contributed by atoms with E-state index in [1.807, 2.05) is 19.0 Å². The number of nitrogens with zero attached hydrogens (tertiary/aromatic N) is 2. The molecule has 120 valence electrons. The molecule has 2 aliphatic rings. The first-order valence-electron chi connectivity index (χ1n) is 7.94. The van der Waals surface area contributed by atoms with Crippen molar-refractivity contribution < 1.29 is 14.7 Å². The molecule has 3 unspecified atom stereocenters. The maximum absolute atomic E-state index is 12.5. The van der Waals surface area contributed by atoms with Gasteiger partial charge in [0.25, 0.3) is 0 Å². The standard InChI is InChI=1S/C15H27N3O3/c1-17(2)10-9-16-15(21)18-12-6-4-3-5-11(12)7-8-13(18)14(19)20/h11-13H,3-10H2,1-2H3,(H,16,21)(H,19,20). The Balaban J connectivity index is 2.05. The fourth-order valence-electron chi connectivity index (χ4n) is 3.65. The van der Waals surface area contributed by atoms with Gasteiger partial charge in [-0.05, 0) is 45.7 Å². The lowest BCUT2D eigenvalue weighted by Gasteiger charge is -2.47. The zero-order valence-corrected chi connectivity index (χ0v) is 13.0. The van der Waals surface area contributed by atoms with Gasteiger partial charge in [0.05, 0.1) is 0 Å². The highest BCUT2D eigenvalue weighted by atomic mass is 16.4. The number of amides is 2. The normalized spacial score (nSPS) is 29.1. The lowest BCUT2D eigenvalue weighted by Crippen LogP contribution is -2.60. The monoisotopic (exact) mass is 297 g/mol. The van der Waals surface area contributed by atoms with Crippen LogP contribution in [-0.2, 0) is 4.79 Å². The fourth-order valence-corrected chi connectivity index (χ4v) is 3.65. The summed E-state index contributed by atoms with van der Waals surface area (Å²) in [6, 6.07) is -0.766. The van der Waals surface area contributed by atoms with E-state index in [2.05, 4.69) is 5.32 Å². The Labute approximate surface area is 126 Å². The van der Waals surface area contributed by atoms with Crippen LogP contribution in [0.2, 0.25) is 0 Å². The van der Waals surface area contributed by atoms with Crippen molar-refractivity contribution in [2.24, 2.45) is 5.92 Å². The fraction of sp³-hybridized carbons (Fsp3) is 0.867.